The lowest BCUT2D eigenvalue weighted by molar-refractivity contribution is 0.0999. The van der Waals surface area contributed by atoms with Crippen molar-refractivity contribution < 1.29 is 4.79 Å². The molecule has 104 valence electrons. The van der Waals surface area contributed by atoms with E-state index in [9.17, 15) is 4.79 Å². The van der Waals surface area contributed by atoms with Gasteiger partial charge in [-0.3, -0.25) is 4.79 Å². The first-order chi connectivity index (χ1) is 9.04. The number of carbonyl (C=O) groups is 1. The molecule has 19 heavy (non-hydrogen) atoms. The van der Waals surface area contributed by atoms with E-state index in [0.29, 0.717) is 17.3 Å². The molecule has 1 saturated heterocycles. The van der Waals surface area contributed by atoms with Crippen molar-refractivity contribution in [2.75, 3.05) is 18.0 Å². The molecule has 0 aromatic carbocycles. The number of nitrogens with two attached hydrogens (primary N) is 2. The quantitative estimate of drug-likeness (QED) is 0.852. The highest BCUT2D eigenvalue weighted by atomic mass is 16.1. The summed E-state index contributed by atoms with van der Waals surface area (Å²) in [7, 11) is 0. The maximum absolute atomic E-state index is 11.6. The number of rotatable bonds is 3. The first kappa shape index (κ1) is 13.8. The number of primary amides is 1. The van der Waals surface area contributed by atoms with Gasteiger partial charge in [0, 0.05) is 25.3 Å². The topological polar surface area (TPSA) is 85.2 Å². The van der Waals surface area contributed by atoms with Crippen molar-refractivity contribution in [2.45, 2.75) is 32.7 Å². The minimum absolute atomic E-state index is 0.239. The summed E-state index contributed by atoms with van der Waals surface area (Å²) in [6.07, 6.45) is 3.69. The smallest absolute Gasteiger partial charge is 0.252 e. The van der Waals surface area contributed by atoms with Gasteiger partial charge in [-0.1, -0.05) is 13.3 Å². The zero-order chi connectivity index (χ0) is 14.0. The Hall–Kier alpha value is -1.62. The van der Waals surface area contributed by atoms with Gasteiger partial charge >= 0.3 is 0 Å². The van der Waals surface area contributed by atoms with Gasteiger partial charge in [0.05, 0.1) is 5.56 Å². The van der Waals surface area contributed by atoms with Crippen LogP contribution in [-0.4, -0.2) is 30.0 Å². The molecule has 1 amide bonds. The Morgan fingerprint density at radius 2 is 2.32 bits per heavy atom. The number of carbonyl (C=O) groups excluding carboxylic acids is 1. The second kappa shape index (κ2) is 5.57. The fourth-order valence-electron chi connectivity index (χ4n) is 2.76. The van der Waals surface area contributed by atoms with Crippen molar-refractivity contribution in [2.24, 2.45) is 17.4 Å². The van der Waals surface area contributed by atoms with Crippen LogP contribution in [0.5, 0.6) is 0 Å². The summed E-state index contributed by atoms with van der Waals surface area (Å²) >= 11 is 0. The van der Waals surface area contributed by atoms with E-state index in [-0.39, 0.29) is 6.04 Å². The minimum Gasteiger partial charge on any atom is -0.365 e. The number of hydrogen-bond donors (Lipinski definition) is 2. The maximum atomic E-state index is 11.6. The van der Waals surface area contributed by atoms with Gasteiger partial charge in [-0.25, -0.2) is 4.98 Å². The van der Waals surface area contributed by atoms with Crippen LogP contribution in [0.2, 0.25) is 0 Å². The number of aryl methyl sites for hydroxylation is 1. The third-order valence-corrected chi connectivity index (χ3v) is 4.00. The summed E-state index contributed by atoms with van der Waals surface area (Å²) in [6.45, 7) is 5.70. The van der Waals surface area contributed by atoms with Crippen molar-refractivity contribution in [1.29, 1.82) is 0 Å². The maximum Gasteiger partial charge on any atom is 0.252 e. The fraction of sp³-hybridized carbons (Fsp3) is 0.571. The third-order valence-electron chi connectivity index (χ3n) is 4.00. The van der Waals surface area contributed by atoms with Gasteiger partial charge in [0.1, 0.15) is 5.82 Å². The van der Waals surface area contributed by atoms with Crippen LogP contribution in [-0.2, 0) is 0 Å². The summed E-state index contributed by atoms with van der Waals surface area (Å²) in [5.41, 5.74) is 13.0. The van der Waals surface area contributed by atoms with E-state index in [2.05, 4.69) is 16.8 Å². The molecule has 1 aliphatic rings. The van der Waals surface area contributed by atoms with Crippen LogP contribution in [0.25, 0.3) is 0 Å². The van der Waals surface area contributed by atoms with Gasteiger partial charge in [0.15, 0.2) is 0 Å². The van der Waals surface area contributed by atoms with Gasteiger partial charge in [-0.2, -0.15) is 0 Å². The molecule has 2 heterocycles. The second-order valence-electron chi connectivity index (χ2n) is 5.26. The second-order valence-corrected chi connectivity index (χ2v) is 5.26. The first-order valence-electron chi connectivity index (χ1n) is 6.80. The van der Waals surface area contributed by atoms with Crippen LogP contribution in [0.1, 0.15) is 35.7 Å². The zero-order valence-corrected chi connectivity index (χ0v) is 11.6. The standard InChI is InChI=1S/C14H22N4O/c1-3-10-8-18(7-5-11(10)15)14-12(13(16)19)9(2)4-6-17-14/h4,6,10-11H,3,5,7-8,15H2,1-2H3,(H2,16,19). The Balaban J connectivity index is 2.32. The van der Waals surface area contributed by atoms with Gasteiger partial charge in [-0.05, 0) is 30.9 Å². The van der Waals surface area contributed by atoms with Crippen LogP contribution in [0.15, 0.2) is 12.3 Å². The average molecular weight is 262 g/mol. The lowest BCUT2D eigenvalue weighted by Crippen LogP contribution is -2.47. The van der Waals surface area contributed by atoms with Gasteiger partial charge < -0.3 is 16.4 Å². The number of amides is 1. The number of hydrogen-bond acceptors (Lipinski definition) is 4. The van der Waals surface area contributed by atoms with Crippen molar-refractivity contribution in [3.8, 4) is 0 Å². The Bertz CT molecular complexity index is 475. The lowest BCUT2D eigenvalue weighted by Gasteiger charge is -2.37. The first-order valence-corrected chi connectivity index (χ1v) is 6.80. The third kappa shape index (κ3) is 2.71. The predicted molar refractivity (Wildman–Crippen MR) is 76.1 cm³/mol. The molecule has 2 unspecified atom stereocenters. The summed E-state index contributed by atoms with van der Waals surface area (Å²) in [5.74, 6) is 0.734. The molecule has 1 fully saturated rings. The van der Waals surface area contributed by atoms with E-state index >= 15 is 0 Å². The average Bonchev–Trinajstić information content (AvgIpc) is 2.38. The van der Waals surface area contributed by atoms with E-state index in [1.165, 1.54) is 0 Å². The molecule has 2 rings (SSSR count). The zero-order valence-electron chi connectivity index (χ0n) is 11.6. The van der Waals surface area contributed by atoms with Crippen molar-refractivity contribution in [3.05, 3.63) is 23.4 Å². The Morgan fingerprint density at radius 3 is 2.95 bits per heavy atom. The van der Waals surface area contributed by atoms with Gasteiger partial charge in [0.25, 0.3) is 5.91 Å². The molecular weight excluding hydrogens is 240 g/mol. The SMILES string of the molecule is CCC1CN(c2nccc(C)c2C(N)=O)CCC1N. The minimum atomic E-state index is -0.413. The van der Waals surface area contributed by atoms with Crippen LogP contribution < -0.4 is 16.4 Å². The van der Waals surface area contributed by atoms with Crippen LogP contribution in [0.3, 0.4) is 0 Å². The molecule has 2 atom stereocenters. The summed E-state index contributed by atoms with van der Waals surface area (Å²) in [5, 5.41) is 0. The fourth-order valence-corrected chi connectivity index (χ4v) is 2.76. The monoisotopic (exact) mass is 262 g/mol. The molecule has 5 heteroatoms. The Kier molecular flexibility index (Phi) is 4.04. The number of pyridine rings is 1. The van der Waals surface area contributed by atoms with Crippen molar-refractivity contribution >= 4 is 11.7 Å². The van der Waals surface area contributed by atoms with Crippen LogP contribution >= 0.6 is 0 Å². The van der Waals surface area contributed by atoms with Crippen molar-refractivity contribution in [1.82, 2.24) is 4.98 Å². The van der Waals surface area contributed by atoms with E-state index in [1.54, 1.807) is 6.20 Å². The van der Waals surface area contributed by atoms with Gasteiger partial charge in [-0.15, -0.1) is 0 Å². The number of aromatic nitrogens is 1. The molecule has 0 spiro atoms. The highest BCUT2D eigenvalue weighted by Gasteiger charge is 2.28. The molecule has 1 aromatic heterocycles. The normalized spacial score (nSPS) is 23.4. The number of piperidine rings is 1. The Labute approximate surface area is 114 Å². The lowest BCUT2D eigenvalue weighted by atomic mass is 9.90. The van der Waals surface area contributed by atoms with E-state index in [1.807, 2.05) is 13.0 Å². The molecule has 0 aliphatic carbocycles. The van der Waals surface area contributed by atoms with Gasteiger partial charge in [0.2, 0.25) is 0 Å². The number of nitrogens with zero attached hydrogens (tertiary/aromatic N) is 2. The Morgan fingerprint density at radius 1 is 1.58 bits per heavy atom. The number of anilines is 1. The molecule has 0 radical (unpaired) electrons. The molecular formula is C14H22N4O. The summed E-state index contributed by atoms with van der Waals surface area (Å²) in [4.78, 5) is 18.1. The molecule has 5 nitrogen and oxygen atoms in total. The van der Waals surface area contributed by atoms with Crippen LogP contribution in [0, 0.1) is 12.8 Å². The molecule has 1 aliphatic heterocycles. The van der Waals surface area contributed by atoms with E-state index in [0.717, 1.165) is 31.5 Å². The van der Waals surface area contributed by atoms with E-state index < -0.39 is 5.91 Å². The highest BCUT2D eigenvalue weighted by Crippen LogP contribution is 2.26. The molecule has 1 aromatic rings. The van der Waals surface area contributed by atoms with Crippen molar-refractivity contribution in [3.63, 3.8) is 0 Å². The molecule has 0 bridgehead atoms. The molecule has 0 saturated carbocycles. The van der Waals surface area contributed by atoms with E-state index in [4.69, 9.17) is 11.5 Å². The van der Waals surface area contributed by atoms with Crippen LogP contribution in [0.4, 0.5) is 5.82 Å². The largest absolute Gasteiger partial charge is 0.365 e. The summed E-state index contributed by atoms with van der Waals surface area (Å²) < 4.78 is 0. The molecule has 4 N–H and O–H groups in total. The summed E-state index contributed by atoms with van der Waals surface area (Å²) in [6, 6.07) is 2.06. The predicted octanol–water partition coefficient (Wildman–Crippen LogP) is 1.05. The highest BCUT2D eigenvalue weighted by molar-refractivity contribution is 5.99.